The van der Waals surface area contributed by atoms with Gasteiger partial charge < -0.3 is 19.3 Å². The number of ether oxygens (including phenoxy) is 3. The van der Waals surface area contributed by atoms with Crippen LogP contribution in [0.15, 0.2) is 41.3 Å². The van der Waals surface area contributed by atoms with Gasteiger partial charge in [0, 0.05) is 12.1 Å². The molecule has 0 aliphatic heterocycles. The van der Waals surface area contributed by atoms with E-state index in [-0.39, 0.29) is 27.6 Å². The van der Waals surface area contributed by atoms with Crippen LogP contribution in [-0.2, 0) is 10.0 Å². The lowest BCUT2D eigenvalue weighted by molar-refractivity contribution is 0.0696. The summed E-state index contributed by atoms with van der Waals surface area (Å²) in [4.78, 5) is 10.8. The fourth-order valence-electron chi connectivity index (χ4n) is 2.15. The van der Waals surface area contributed by atoms with E-state index < -0.39 is 16.0 Å². The second-order valence-electron chi connectivity index (χ2n) is 4.85. The van der Waals surface area contributed by atoms with Crippen molar-refractivity contribution in [3.63, 3.8) is 0 Å². The Bertz CT molecular complexity index is 868. The molecule has 0 saturated heterocycles. The molecular weight excluding hydrogens is 350 g/mol. The quantitative estimate of drug-likeness (QED) is 0.772. The SMILES string of the molecule is COc1cc(NS(=O)(=O)c2cccc(C(=O)O)c2)cc(OC)c1OC. The third-order valence-electron chi connectivity index (χ3n) is 3.31. The minimum atomic E-state index is -4.00. The molecule has 0 spiro atoms. The zero-order valence-corrected chi connectivity index (χ0v) is 14.6. The summed E-state index contributed by atoms with van der Waals surface area (Å²) in [5, 5.41) is 9.00. The molecule has 0 atom stereocenters. The van der Waals surface area contributed by atoms with Crippen molar-refractivity contribution in [3.8, 4) is 17.2 Å². The molecule has 9 heteroatoms. The van der Waals surface area contributed by atoms with Gasteiger partial charge in [-0.2, -0.15) is 0 Å². The first-order chi connectivity index (χ1) is 11.8. The van der Waals surface area contributed by atoms with Crippen molar-refractivity contribution in [2.45, 2.75) is 4.90 Å². The average Bonchev–Trinajstić information content (AvgIpc) is 2.60. The summed E-state index contributed by atoms with van der Waals surface area (Å²) in [5.74, 6) is -0.344. The Morgan fingerprint density at radius 2 is 1.60 bits per heavy atom. The predicted octanol–water partition coefficient (Wildman–Crippen LogP) is 2.21. The van der Waals surface area contributed by atoms with E-state index in [0.717, 1.165) is 6.07 Å². The number of hydrogen-bond acceptors (Lipinski definition) is 6. The molecule has 0 aromatic heterocycles. The Hall–Kier alpha value is -2.94. The number of rotatable bonds is 7. The van der Waals surface area contributed by atoms with E-state index in [9.17, 15) is 13.2 Å². The first-order valence-corrected chi connectivity index (χ1v) is 8.47. The Morgan fingerprint density at radius 3 is 2.08 bits per heavy atom. The number of methoxy groups -OCH3 is 3. The minimum Gasteiger partial charge on any atom is -0.493 e. The number of carboxylic acids is 1. The van der Waals surface area contributed by atoms with Crippen molar-refractivity contribution < 1.29 is 32.5 Å². The lowest BCUT2D eigenvalue weighted by Crippen LogP contribution is -2.14. The average molecular weight is 367 g/mol. The highest BCUT2D eigenvalue weighted by atomic mass is 32.2. The number of aromatic carboxylic acids is 1. The summed E-state index contributed by atoms with van der Waals surface area (Å²) in [6, 6.07) is 7.89. The van der Waals surface area contributed by atoms with Gasteiger partial charge in [0.2, 0.25) is 5.75 Å². The molecule has 25 heavy (non-hydrogen) atoms. The van der Waals surface area contributed by atoms with E-state index in [0.29, 0.717) is 5.75 Å². The maximum Gasteiger partial charge on any atom is 0.335 e. The smallest absolute Gasteiger partial charge is 0.335 e. The van der Waals surface area contributed by atoms with Gasteiger partial charge in [-0.05, 0) is 18.2 Å². The van der Waals surface area contributed by atoms with Crippen LogP contribution in [0, 0.1) is 0 Å². The van der Waals surface area contributed by atoms with E-state index in [1.54, 1.807) is 0 Å². The fourth-order valence-corrected chi connectivity index (χ4v) is 3.24. The molecule has 8 nitrogen and oxygen atoms in total. The number of sulfonamides is 1. The van der Waals surface area contributed by atoms with Crippen molar-refractivity contribution in [3.05, 3.63) is 42.0 Å². The topological polar surface area (TPSA) is 111 Å². The summed E-state index contributed by atoms with van der Waals surface area (Å²) < 4.78 is 42.9. The number of nitrogens with one attached hydrogen (secondary N) is 1. The van der Waals surface area contributed by atoms with Crippen LogP contribution in [-0.4, -0.2) is 40.8 Å². The fraction of sp³-hybridized carbons (Fsp3) is 0.188. The first-order valence-electron chi connectivity index (χ1n) is 6.98. The molecule has 0 heterocycles. The number of carbonyl (C=O) groups is 1. The molecule has 0 aliphatic rings. The largest absolute Gasteiger partial charge is 0.493 e. The highest BCUT2D eigenvalue weighted by Gasteiger charge is 2.19. The van der Waals surface area contributed by atoms with E-state index in [1.165, 1.54) is 51.7 Å². The maximum atomic E-state index is 12.5. The number of hydrogen-bond donors (Lipinski definition) is 2. The van der Waals surface area contributed by atoms with Gasteiger partial charge in [0.1, 0.15) is 0 Å². The molecule has 134 valence electrons. The third kappa shape index (κ3) is 3.94. The Morgan fingerprint density at radius 1 is 1.00 bits per heavy atom. The summed E-state index contributed by atoms with van der Waals surface area (Å²) in [5.41, 5.74) is 0.0444. The van der Waals surface area contributed by atoms with Crippen molar-refractivity contribution in [1.29, 1.82) is 0 Å². The number of carboxylic acid groups (broad SMARTS) is 1. The van der Waals surface area contributed by atoms with E-state index >= 15 is 0 Å². The highest BCUT2D eigenvalue weighted by molar-refractivity contribution is 7.92. The van der Waals surface area contributed by atoms with Gasteiger partial charge >= 0.3 is 5.97 Å². The van der Waals surface area contributed by atoms with Gasteiger partial charge in [0.25, 0.3) is 10.0 Å². The molecule has 2 N–H and O–H groups in total. The third-order valence-corrected chi connectivity index (χ3v) is 4.69. The summed E-state index contributed by atoms with van der Waals surface area (Å²) >= 11 is 0. The molecule has 0 bridgehead atoms. The molecule has 0 radical (unpaired) electrons. The van der Waals surface area contributed by atoms with Crippen LogP contribution in [0.25, 0.3) is 0 Å². The maximum absolute atomic E-state index is 12.5. The van der Waals surface area contributed by atoms with Crippen molar-refractivity contribution >= 4 is 21.7 Å². The van der Waals surface area contributed by atoms with Crippen LogP contribution in [0.2, 0.25) is 0 Å². The van der Waals surface area contributed by atoms with E-state index in [1.807, 2.05) is 0 Å². The molecule has 2 rings (SSSR count). The molecule has 0 fully saturated rings. The lowest BCUT2D eigenvalue weighted by Gasteiger charge is -2.15. The number of benzene rings is 2. The number of anilines is 1. The van der Waals surface area contributed by atoms with E-state index in [4.69, 9.17) is 19.3 Å². The molecule has 0 amide bonds. The molecular formula is C16H17NO7S. The van der Waals surface area contributed by atoms with Gasteiger partial charge in [-0.25, -0.2) is 13.2 Å². The van der Waals surface area contributed by atoms with Gasteiger partial charge in [-0.1, -0.05) is 6.07 Å². The van der Waals surface area contributed by atoms with Gasteiger partial charge in [0.05, 0.1) is 37.5 Å². The molecule has 2 aromatic carbocycles. The summed E-state index contributed by atoms with van der Waals surface area (Å²) in [7, 11) is 0.245. The van der Waals surface area contributed by atoms with Crippen LogP contribution >= 0.6 is 0 Å². The van der Waals surface area contributed by atoms with Gasteiger partial charge in [0.15, 0.2) is 11.5 Å². The van der Waals surface area contributed by atoms with Crippen molar-refractivity contribution in [2.75, 3.05) is 26.1 Å². The van der Waals surface area contributed by atoms with Crippen LogP contribution in [0.5, 0.6) is 17.2 Å². The molecule has 0 aliphatic carbocycles. The van der Waals surface area contributed by atoms with Crippen LogP contribution in [0.3, 0.4) is 0 Å². The van der Waals surface area contributed by atoms with E-state index in [2.05, 4.69) is 4.72 Å². The lowest BCUT2D eigenvalue weighted by atomic mass is 10.2. The zero-order valence-electron chi connectivity index (χ0n) is 13.8. The van der Waals surface area contributed by atoms with Crippen LogP contribution in [0.1, 0.15) is 10.4 Å². The predicted molar refractivity (Wildman–Crippen MR) is 90.3 cm³/mol. The molecule has 2 aromatic rings. The molecule has 0 unspecified atom stereocenters. The van der Waals surface area contributed by atoms with Crippen LogP contribution < -0.4 is 18.9 Å². The molecule has 0 saturated carbocycles. The van der Waals surface area contributed by atoms with Gasteiger partial charge in [-0.15, -0.1) is 0 Å². The monoisotopic (exact) mass is 367 g/mol. The zero-order chi connectivity index (χ0) is 18.6. The second kappa shape index (κ2) is 7.31. The Balaban J connectivity index is 2.44. The standard InChI is InChI=1S/C16H17NO7S/c1-22-13-8-11(9-14(23-2)15(13)24-3)17-25(20,21)12-6-4-5-10(7-12)16(18)19/h4-9,17H,1-3H3,(H,18,19). The Labute approximate surface area is 145 Å². The van der Waals surface area contributed by atoms with Gasteiger partial charge in [-0.3, -0.25) is 4.72 Å². The second-order valence-corrected chi connectivity index (χ2v) is 6.53. The van der Waals surface area contributed by atoms with Crippen molar-refractivity contribution in [2.24, 2.45) is 0 Å². The van der Waals surface area contributed by atoms with Crippen molar-refractivity contribution in [1.82, 2.24) is 0 Å². The summed E-state index contributed by atoms with van der Waals surface area (Å²) in [6.45, 7) is 0. The minimum absolute atomic E-state index is 0.132. The van der Waals surface area contributed by atoms with Crippen LogP contribution in [0.4, 0.5) is 5.69 Å². The highest BCUT2D eigenvalue weighted by Crippen LogP contribution is 2.40. The Kier molecular flexibility index (Phi) is 5.38. The normalized spacial score (nSPS) is 10.8. The first kappa shape index (κ1) is 18.4. The summed E-state index contributed by atoms with van der Waals surface area (Å²) in [6.07, 6.45) is 0.